The minimum absolute atomic E-state index is 0.0341. The number of hydrogen-bond donors (Lipinski definition) is 3. The van der Waals surface area contributed by atoms with Gasteiger partial charge in [-0.05, 0) is 48.9 Å². The van der Waals surface area contributed by atoms with Crippen molar-refractivity contribution in [1.29, 1.82) is 0 Å². The molecule has 1 aliphatic rings. The van der Waals surface area contributed by atoms with Crippen LogP contribution < -0.4 is 16.0 Å². The number of hydrogen-bond acceptors (Lipinski definition) is 5. The van der Waals surface area contributed by atoms with E-state index in [1.54, 1.807) is 36.1 Å². The largest absolute Gasteiger partial charge is 0.378 e. The second-order valence-corrected chi connectivity index (χ2v) is 7.32. The fraction of sp³-hybridized carbons (Fsp3) is 0.348. The summed E-state index contributed by atoms with van der Waals surface area (Å²) in [5.74, 6) is -0.311. The van der Waals surface area contributed by atoms with Gasteiger partial charge in [-0.2, -0.15) is 0 Å². The number of rotatable bonds is 7. The molecule has 3 N–H and O–H groups in total. The third-order valence-electron chi connectivity index (χ3n) is 5.00. The quantitative estimate of drug-likeness (QED) is 0.635. The van der Waals surface area contributed by atoms with Gasteiger partial charge in [0.1, 0.15) is 0 Å². The van der Waals surface area contributed by atoms with Gasteiger partial charge in [0.2, 0.25) is 11.8 Å². The van der Waals surface area contributed by atoms with Crippen molar-refractivity contribution in [3.63, 3.8) is 0 Å². The Morgan fingerprint density at radius 3 is 2.29 bits per heavy atom. The summed E-state index contributed by atoms with van der Waals surface area (Å²) >= 11 is 0. The Labute approximate surface area is 182 Å². The van der Waals surface area contributed by atoms with E-state index < -0.39 is 0 Å². The first-order valence-corrected chi connectivity index (χ1v) is 10.4. The number of nitrogens with zero attached hydrogens (tertiary/aromatic N) is 1. The maximum Gasteiger partial charge on any atom is 0.254 e. The van der Waals surface area contributed by atoms with Crippen molar-refractivity contribution in [2.24, 2.45) is 0 Å². The predicted molar refractivity (Wildman–Crippen MR) is 120 cm³/mol. The Bertz CT molecular complexity index is 937. The zero-order valence-corrected chi connectivity index (χ0v) is 17.9. The molecule has 0 bridgehead atoms. The maximum atomic E-state index is 12.5. The topological polar surface area (TPSA) is 99.8 Å². The number of carbonyl (C=O) groups excluding carboxylic acids is 3. The molecule has 3 amide bonds. The predicted octanol–water partition coefficient (Wildman–Crippen LogP) is 2.87. The Balaban J connectivity index is 1.52. The highest BCUT2D eigenvalue weighted by Gasteiger charge is 2.18. The van der Waals surface area contributed by atoms with Gasteiger partial charge in [0.05, 0.1) is 19.8 Å². The molecule has 0 radical (unpaired) electrons. The van der Waals surface area contributed by atoms with Crippen LogP contribution in [-0.2, 0) is 14.3 Å². The number of morpholine rings is 1. The lowest BCUT2D eigenvalue weighted by atomic mass is 10.1. The standard InChI is InChI=1S/C23H28N4O4/c1-3-21(28)26-20-14-19(7-4-16(20)2)24-15-22(29)25-18-8-5-17(6-9-18)23(30)27-10-12-31-13-11-27/h4-9,14,24H,3,10-13,15H2,1-2H3,(H,25,29)(H,26,28). The molecular formula is C23H28N4O4. The molecule has 0 atom stereocenters. The Hall–Kier alpha value is -3.39. The van der Waals surface area contributed by atoms with Crippen LogP contribution in [0.4, 0.5) is 17.1 Å². The molecule has 0 saturated carbocycles. The summed E-state index contributed by atoms with van der Waals surface area (Å²) in [5.41, 5.74) is 3.60. The highest BCUT2D eigenvalue weighted by Crippen LogP contribution is 2.20. The second-order valence-electron chi connectivity index (χ2n) is 7.32. The van der Waals surface area contributed by atoms with Crippen LogP contribution in [0.3, 0.4) is 0 Å². The molecule has 31 heavy (non-hydrogen) atoms. The molecule has 1 fully saturated rings. The summed E-state index contributed by atoms with van der Waals surface area (Å²) in [6.07, 6.45) is 0.399. The summed E-state index contributed by atoms with van der Waals surface area (Å²) in [6.45, 7) is 6.06. The SMILES string of the molecule is CCC(=O)Nc1cc(NCC(=O)Nc2ccc(C(=O)N3CCOCC3)cc2)ccc1C. The molecule has 1 aliphatic heterocycles. The van der Waals surface area contributed by atoms with E-state index in [4.69, 9.17) is 4.74 Å². The summed E-state index contributed by atoms with van der Waals surface area (Å²) in [6, 6.07) is 12.4. The van der Waals surface area contributed by atoms with E-state index in [0.717, 1.165) is 16.9 Å². The van der Waals surface area contributed by atoms with Crippen molar-refractivity contribution in [2.45, 2.75) is 20.3 Å². The molecule has 164 valence electrons. The lowest BCUT2D eigenvalue weighted by Crippen LogP contribution is -2.40. The van der Waals surface area contributed by atoms with Gasteiger partial charge >= 0.3 is 0 Å². The van der Waals surface area contributed by atoms with Gasteiger partial charge in [0.25, 0.3) is 5.91 Å². The van der Waals surface area contributed by atoms with Gasteiger partial charge in [0.15, 0.2) is 0 Å². The van der Waals surface area contributed by atoms with E-state index in [1.807, 2.05) is 25.1 Å². The van der Waals surface area contributed by atoms with Crippen LogP contribution in [0.2, 0.25) is 0 Å². The first-order valence-electron chi connectivity index (χ1n) is 10.4. The van der Waals surface area contributed by atoms with Gasteiger partial charge in [-0.1, -0.05) is 13.0 Å². The summed E-state index contributed by atoms with van der Waals surface area (Å²) in [7, 11) is 0. The number of nitrogens with one attached hydrogen (secondary N) is 3. The monoisotopic (exact) mass is 424 g/mol. The van der Waals surface area contributed by atoms with Crippen molar-refractivity contribution < 1.29 is 19.1 Å². The van der Waals surface area contributed by atoms with Crippen molar-refractivity contribution in [3.05, 3.63) is 53.6 Å². The zero-order valence-electron chi connectivity index (χ0n) is 17.9. The van der Waals surface area contributed by atoms with Crippen molar-refractivity contribution in [1.82, 2.24) is 4.90 Å². The molecule has 0 unspecified atom stereocenters. The smallest absolute Gasteiger partial charge is 0.254 e. The minimum atomic E-state index is -0.216. The van der Waals surface area contributed by atoms with Crippen molar-refractivity contribution in [3.8, 4) is 0 Å². The Morgan fingerprint density at radius 2 is 1.61 bits per heavy atom. The number of anilines is 3. The molecule has 8 heteroatoms. The summed E-state index contributed by atoms with van der Waals surface area (Å²) in [5, 5.41) is 8.72. The van der Waals surface area contributed by atoms with E-state index in [2.05, 4.69) is 16.0 Å². The molecule has 1 saturated heterocycles. The highest BCUT2D eigenvalue weighted by molar-refractivity contribution is 5.97. The molecule has 3 rings (SSSR count). The number of carbonyl (C=O) groups is 3. The maximum absolute atomic E-state index is 12.5. The van der Waals surface area contributed by atoms with E-state index in [9.17, 15) is 14.4 Å². The molecule has 0 aromatic heterocycles. The summed E-state index contributed by atoms with van der Waals surface area (Å²) in [4.78, 5) is 38.2. The van der Waals surface area contributed by atoms with Crippen molar-refractivity contribution in [2.75, 3.05) is 48.8 Å². The average molecular weight is 425 g/mol. The van der Waals surface area contributed by atoms with E-state index >= 15 is 0 Å². The third kappa shape index (κ3) is 6.29. The number of amides is 3. The molecule has 2 aromatic carbocycles. The first-order chi connectivity index (χ1) is 15.0. The van der Waals surface area contributed by atoms with E-state index in [1.165, 1.54) is 0 Å². The van der Waals surface area contributed by atoms with E-state index in [0.29, 0.717) is 44.0 Å². The average Bonchev–Trinajstić information content (AvgIpc) is 2.80. The number of benzene rings is 2. The van der Waals surface area contributed by atoms with Crippen LogP contribution in [0.1, 0.15) is 29.3 Å². The van der Waals surface area contributed by atoms with Gasteiger partial charge in [-0.15, -0.1) is 0 Å². The summed E-state index contributed by atoms with van der Waals surface area (Å²) < 4.78 is 5.27. The lowest BCUT2D eigenvalue weighted by molar-refractivity contribution is -0.116. The van der Waals surface area contributed by atoms with Gasteiger partial charge < -0.3 is 25.6 Å². The molecule has 0 spiro atoms. The number of aryl methyl sites for hydroxylation is 1. The van der Waals surface area contributed by atoms with Crippen LogP contribution in [-0.4, -0.2) is 55.5 Å². The fourth-order valence-electron chi connectivity index (χ4n) is 3.14. The molecule has 1 heterocycles. The van der Waals surface area contributed by atoms with Gasteiger partial charge in [-0.25, -0.2) is 0 Å². The van der Waals surface area contributed by atoms with Gasteiger partial charge in [0, 0.05) is 42.1 Å². The van der Waals surface area contributed by atoms with Crippen molar-refractivity contribution >= 4 is 34.8 Å². The van der Waals surface area contributed by atoms with Crippen LogP contribution in [0.15, 0.2) is 42.5 Å². The third-order valence-corrected chi connectivity index (χ3v) is 5.00. The molecule has 8 nitrogen and oxygen atoms in total. The Morgan fingerprint density at radius 1 is 0.935 bits per heavy atom. The molecule has 0 aliphatic carbocycles. The van der Waals surface area contributed by atoms with E-state index in [-0.39, 0.29) is 24.3 Å². The van der Waals surface area contributed by atoms with Crippen LogP contribution >= 0.6 is 0 Å². The zero-order chi connectivity index (χ0) is 22.2. The Kier molecular flexibility index (Phi) is 7.61. The first kappa shape index (κ1) is 22.3. The molecular weight excluding hydrogens is 396 g/mol. The van der Waals surface area contributed by atoms with Crippen LogP contribution in [0.5, 0.6) is 0 Å². The lowest BCUT2D eigenvalue weighted by Gasteiger charge is -2.26. The normalized spacial score (nSPS) is 13.4. The molecule has 2 aromatic rings. The highest BCUT2D eigenvalue weighted by atomic mass is 16.5. The van der Waals surface area contributed by atoms with Crippen LogP contribution in [0, 0.1) is 6.92 Å². The van der Waals surface area contributed by atoms with Crippen LogP contribution in [0.25, 0.3) is 0 Å². The minimum Gasteiger partial charge on any atom is -0.378 e. The fourth-order valence-corrected chi connectivity index (χ4v) is 3.14. The second kappa shape index (κ2) is 10.6. The number of ether oxygens (including phenoxy) is 1. The van der Waals surface area contributed by atoms with Gasteiger partial charge in [-0.3, -0.25) is 14.4 Å².